The van der Waals surface area contributed by atoms with Gasteiger partial charge in [0.2, 0.25) is 64.7 Å². The Kier molecular flexibility index (Phi) is 34.4. The second-order valence-corrected chi connectivity index (χ2v) is 28.3. The van der Waals surface area contributed by atoms with Crippen molar-refractivity contribution in [2.24, 2.45) is 28.9 Å². The Balaban J connectivity index is 0.0000265. The summed E-state index contributed by atoms with van der Waals surface area (Å²) in [5, 5.41) is 45.1. The van der Waals surface area contributed by atoms with Crippen LogP contribution in [0.25, 0.3) is 10.9 Å². The largest absolute Gasteiger partial charge is 0.508 e. The van der Waals surface area contributed by atoms with Gasteiger partial charge in [-0.25, -0.2) is 0 Å². The number of amides is 9. The number of aromatic amines is 1. The minimum Gasteiger partial charge on any atom is -0.508 e. The van der Waals surface area contributed by atoms with Crippen LogP contribution in [-0.2, 0) is 80.0 Å². The van der Waals surface area contributed by atoms with E-state index in [4.69, 9.17) is 5.73 Å². The van der Waals surface area contributed by atoms with Crippen molar-refractivity contribution in [3.8, 4) is 5.75 Å². The number of para-hydroxylation sites is 1. The number of aromatic hydroxyl groups is 1. The van der Waals surface area contributed by atoms with Crippen LogP contribution in [0.2, 0.25) is 0 Å². The molecule has 11 atom stereocenters. The molecule has 3 aromatic rings. The number of aromatic nitrogens is 1. The quantitative estimate of drug-likeness (QED) is 0.0362. The molecular weight excluding hydrogens is 1300 g/mol. The van der Waals surface area contributed by atoms with E-state index in [-0.39, 0.29) is 89.2 Å². The summed E-state index contributed by atoms with van der Waals surface area (Å²) in [5.41, 5.74) is 2.45. The molecule has 0 spiro atoms. The highest BCUT2D eigenvalue weighted by molar-refractivity contribution is 6.41. The number of rotatable bonds is 26. The number of benzene rings is 2. The number of carboxylic acids is 1. The molecule has 2 aromatic carbocycles. The lowest BCUT2D eigenvalue weighted by Gasteiger charge is -2.33. The predicted molar refractivity (Wildman–Crippen MR) is 382 cm³/mol. The highest BCUT2D eigenvalue weighted by Crippen LogP contribution is 2.31. The van der Waals surface area contributed by atoms with E-state index in [1.54, 1.807) is 20.0 Å². The molecule has 2 heterocycles. The zero-order chi connectivity index (χ0) is 74.8. The molecule has 101 heavy (non-hydrogen) atoms. The number of nitrogens with one attached hydrogen (secondary N) is 10. The number of primary amides is 1. The average molecular weight is 1410 g/mol. The molecule has 27 nitrogen and oxygen atoms in total. The first kappa shape index (κ1) is 86.1. The van der Waals surface area contributed by atoms with Gasteiger partial charge in [0.25, 0.3) is 0 Å². The number of carbonyl (C=O) groups excluding carboxylic acids is 13. The first-order valence-electron chi connectivity index (χ1n) is 34.7. The fraction of sp³-hybridized carbons (Fsp3) is 0.595. The van der Waals surface area contributed by atoms with Crippen LogP contribution in [0.5, 0.6) is 5.75 Å². The van der Waals surface area contributed by atoms with Gasteiger partial charge in [-0.2, -0.15) is 0 Å². The van der Waals surface area contributed by atoms with E-state index in [1.165, 1.54) is 79.7 Å². The second-order valence-electron chi connectivity index (χ2n) is 28.3. The molecule has 3 unspecified atom stereocenters. The summed E-state index contributed by atoms with van der Waals surface area (Å²) in [4.78, 5) is 195. The van der Waals surface area contributed by atoms with Gasteiger partial charge in [-0.05, 0) is 148 Å². The van der Waals surface area contributed by atoms with Crippen molar-refractivity contribution in [2.75, 3.05) is 6.54 Å². The Labute approximate surface area is 593 Å². The van der Waals surface area contributed by atoms with Crippen molar-refractivity contribution in [1.29, 1.82) is 0 Å². The van der Waals surface area contributed by atoms with Crippen LogP contribution < -0.4 is 53.6 Å². The summed E-state index contributed by atoms with van der Waals surface area (Å²) < 4.78 is 0. The molecule has 0 aliphatic carbocycles. The standard InChI is InChI=1S/C73H107N11O16.CH4/c1-42(2)36-50-28-32-58(87)56(38-51-41-76-54-25-21-20-24-53(51)54)80-67(97)57(37-49-26-29-52(86)30-27-49)81-66(96)55(31-33-59(88)89)82-69(99)72(11,39-44(4)85)34-22-18-16-14-13-15-17-19-23-35-73(12,84-65(50)95)70(100)79-48(8)64(94)83-71(9,10)68(98)78-47(7)63(93)77-46(6)61(91)60(90)45(5)75-40-43(3)62(74)92;/h15,17,20-21,24-27,29-30,41-43,45-48,50,55-57,75-76,86H,13-14,16,18-19,22-23,28,31-40H2,1-12H3,(H2,74,92)(H,77,93)(H,78,98)(H,79,100)(H,80,97)(H,81,96)(H,82,99)(H,83,94)(H,84,95)(H,88,89);1H4/b17-15+;/t43-,45-,46-,47?,48?,50-,55-,56-,57?,72-,73-;/m0./s1. The molecule has 1 aliphatic rings. The normalized spacial score (nSPS) is 22.4. The van der Waals surface area contributed by atoms with Gasteiger partial charge in [-0.1, -0.05) is 96.9 Å². The number of nitrogens with two attached hydrogens (primary N) is 1. The summed E-state index contributed by atoms with van der Waals surface area (Å²) in [6, 6.07) is 4.00. The number of H-pyrrole nitrogens is 1. The number of phenolic OH excluding ortho intramolecular Hbond substituents is 1. The lowest BCUT2D eigenvalue weighted by atomic mass is 9.79. The van der Waals surface area contributed by atoms with Crippen molar-refractivity contribution >= 4 is 93.2 Å². The van der Waals surface area contributed by atoms with Crippen molar-refractivity contribution in [1.82, 2.24) is 52.8 Å². The summed E-state index contributed by atoms with van der Waals surface area (Å²) in [6.07, 6.45) is 8.79. The van der Waals surface area contributed by atoms with Crippen LogP contribution in [-0.4, -0.2) is 157 Å². The summed E-state index contributed by atoms with van der Waals surface area (Å²) >= 11 is 0. The molecule has 0 saturated carbocycles. The van der Waals surface area contributed by atoms with Crippen LogP contribution in [0.3, 0.4) is 0 Å². The molecule has 1 aromatic heterocycles. The third-order valence-corrected chi connectivity index (χ3v) is 18.2. The van der Waals surface area contributed by atoms with Gasteiger partial charge in [0.15, 0.2) is 5.78 Å². The van der Waals surface area contributed by atoms with Crippen molar-refractivity contribution in [3.05, 3.63) is 78.0 Å². The minimum absolute atomic E-state index is 0. The van der Waals surface area contributed by atoms with Gasteiger partial charge in [0.05, 0.1) is 23.5 Å². The Morgan fingerprint density at radius 3 is 1.92 bits per heavy atom. The van der Waals surface area contributed by atoms with Crippen LogP contribution in [0.4, 0.5) is 0 Å². The van der Waals surface area contributed by atoms with E-state index in [2.05, 4.69) is 52.8 Å². The van der Waals surface area contributed by atoms with E-state index in [9.17, 15) is 72.5 Å². The molecule has 9 amide bonds. The Morgan fingerprint density at radius 1 is 0.683 bits per heavy atom. The van der Waals surface area contributed by atoms with Crippen molar-refractivity contribution in [3.63, 3.8) is 0 Å². The number of carboxylic acid groups (broad SMARTS) is 1. The topological polar surface area (TPSA) is 430 Å². The second kappa shape index (κ2) is 40.3. The smallest absolute Gasteiger partial charge is 0.303 e. The van der Waals surface area contributed by atoms with Gasteiger partial charge in [0, 0.05) is 67.6 Å². The monoisotopic (exact) mass is 1410 g/mol. The number of fused-ring (bicyclic) bond motifs is 1. The first-order valence-corrected chi connectivity index (χ1v) is 34.7. The maximum atomic E-state index is 15.0. The average Bonchev–Trinajstić information content (AvgIpc) is 0.867. The van der Waals surface area contributed by atoms with Gasteiger partial charge >= 0.3 is 5.97 Å². The van der Waals surface area contributed by atoms with Crippen molar-refractivity contribution in [2.45, 2.75) is 253 Å². The third-order valence-electron chi connectivity index (χ3n) is 18.2. The summed E-state index contributed by atoms with van der Waals surface area (Å²) in [6.45, 7) is 18.0. The third kappa shape index (κ3) is 27.7. The molecule has 0 bridgehead atoms. The van der Waals surface area contributed by atoms with Crippen LogP contribution >= 0.6 is 0 Å². The van der Waals surface area contributed by atoms with Gasteiger partial charge in [-0.3, -0.25) is 67.1 Å². The zero-order valence-electron chi connectivity index (χ0n) is 60.0. The highest BCUT2D eigenvalue weighted by Gasteiger charge is 2.42. The molecule has 0 radical (unpaired) electrons. The van der Waals surface area contributed by atoms with Crippen LogP contribution in [0.15, 0.2) is 66.9 Å². The van der Waals surface area contributed by atoms with Gasteiger partial charge in [0.1, 0.15) is 46.8 Å². The molecule has 0 fully saturated rings. The molecule has 4 rings (SSSR count). The molecular formula is C74H111N11O16. The van der Waals surface area contributed by atoms with Crippen LogP contribution in [0, 0.1) is 23.2 Å². The van der Waals surface area contributed by atoms with Crippen LogP contribution in [0.1, 0.15) is 198 Å². The lowest BCUT2D eigenvalue weighted by Crippen LogP contribution is -2.63. The van der Waals surface area contributed by atoms with Gasteiger partial charge < -0.3 is 68.8 Å². The van der Waals surface area contributed by atoms with E-state index >= 15 is 4.79 Å². The minimum atomic E-state index is -1.71. The number of aliphatic carboxylic acids is 1. The fourth-order valence-corrected chi connectivity index (χ4v) is 11.8. The summed E-state index contributed by atoms with van der Waals surface area (Å²) in [5.74, 6) is -12.3. The molecule has 1 aliphatic heterocycles. The van der Waals surface area contributed by atoms with E-state index in [0.717, 1.165) is 23.7 Å². The predicted octanol–water partition coefficient (Wildman–Crippen LogP) is 5.21. The Bertz CT molecular complexity index is 3440. The maximum absolute atomic E-state index is 15.0. The lowest BCUT2D eigenvalue weighted by molar-refractivity contribution is -0.140. The summed E-state index contributed by atoms with van der Waals surface area (Å²) in [7, 11) is 0. The first-order chi connectivity index (χ1) is 46.9. The van der Waals surface area contributed by atoms with E-state index < -0.39 is 154 Å². The number of carbonyl (C=O) groups is 14. The molecule has 558 valence electrons. The molecule has 14 N–H and O–H groups in total. The van der Waals surface area contributed by atoms with E-state index in [1.807, 2.05) is 50.3 Å². The number of ketones is 4. The highest BCUT2D eigenvalue weighted by atomic mass is 16.4. The number of hydrogen-bond donors (Lipinski definition) is 13. The number of phenols is 1. The number of hydrogen-bond acceptors (Lipinski definition) is 16. The van der Waals surface area contributed by atoms with Gasteiger partial charge in [-0.15, -0.1) is 0 Å². The zero-order valence-corrected chi connectivity index (χ0v) is 60.0. The number of Topliss-reactive ketones (excluding diaryl/α,β-unsaturated/α-hetero) is 4. The molecule has 0 saturated heterocycles. The Morgan fingerprint density at radius 2 is 1.29 bits per heavy atom. The maximum Gasteiger partial charge on any atom is 0.303 e. The van der Waals surface area contributed by atoms with Crippen molar-refractivity contribution < 1.29 is 77.3 Å². The SMILES string of the molecule is C.CC(=O)C[C@]1(C)CCCCCC/C=C/CCC[C@@](C)(C(=O)NC(C)C(=O)NC(C)(C)C(=O)NC(C)C(=O)N[C@@H](C)C(=O)C(=O)[C@H](C)NC[C@H](C)C(N)=O)NC(=O)[C@H](CC(C)C)CCC(=O)[C@H](Cc2c[nH]c3ccccc23)NC(=O)C(Cc2ccc(O)cc2)NC(=O)[C@H](CCC(=O)O)NC1=O. The Hall–Kier alpha value is -9.14. The number of allylic oxidation sites excluding steroid dienone is 2. The van der Waals surface area contributed by atoms with E-state index in [0.29, 0.717) is 43.2 Å². The fourth-order valence-electron chi connectivity index (χ4n) is 11.8. The molecule has 27 heteroatoms.